The molecular formula is C45H53N5O5. The van der Waals surface area contributed by atoms with Crippen LogP contribution in [0.1, 0.15) is 81.3 Å². The second-order valence-electron chi connectivity index (χ2n) is 15.6. The van der Waals surface area contributed by atoms with Gasteiger partial charge in [-0.3, -0.25) is 14.5 Å². The molecule has 1 atom stereocenters. The molecule has 1 aromatic heterocycles. The molecule has 4 aliphatic rings. The van der Waals surface area contributed by atoms with Crippen LogP contribution in [0.5, 0.6) is 5.75 Å². The van der Waals surface area contributed by atoms with Crippen molar-refractivity contribution in [2.75, 3.05) is 53.0 Å². The Kier molecular flexibility index (Phi) is 11.1. The van der Waals surface area contributed by atoms with Crippen molar-refractivity contribution < 1.29 is 23.9 Å². The minimum atomic E-state index is -0.400. The fraction of sp³-hybridized carbons (Fsp3) is 0.444. The Hall–Kier alpha value is -4.93. The van der Waals surface area contributed by atoms with Crippen molar-refractivity contribution in [2.24, 2.45) is 0 Å². The van der Waals surface area contributed by atoms with Gasteiger partial charge in [-0.25, -0.2) is 4.79 Å². The van der Waals surface area contributed by atoms with E-state index in [2.05, 4.69) is 57.7 Å². The van der Waals surface area contributed by atoms with Crippen molar-refractivity contribution in [3.05, 3.63) is 112 Å². The van der Waals surface area contributed by atoms with Gasteiger partial charge in [-0.15, -0.1) is 0 Å². The van der Waals surface area contributed by atoms with Gasteiger partial charge in [0, 0.05) is 88.0 Å². The first-order chi connectivity index (χ1) is 26.9. The Morgan fingerprint density at radius 1 is 0.818 bits per heavy atom. The third-order valence-corrected chi connectivity index (χ3v) is 11.9. The normalized spacial score (nSPS) is 18.3. The van der Waals surface area contributed by atoms with E-state index in [1.807, 2.05) is 36.2 Å². The van der Waals surface area contributed by atoms with E-state index in [4.69, 9.17) is 9.47 Å². The molecule has 3 aromatic carbocycles. The summed E-state index contributed by atoms with van der Waals surface area (Å²) in [6, 6.07) is 23.9. The minimum Gasteiger partial charge on any atom is -0.410 e. The maximum absolute atomic E-state index is 15.4. The van der Waals surface area contributed by atoms with Crippen LogP contribution in [0, 0.1) is 0 Å². The molecule has 0 unspecified atom stereocenters. The van der Waals surface area contributed by atoms with E-state index in [1.165, 1.54) is 11.1 Å². The number of ether oxygens (including phenoxy) is 2. The van der Waals surface area contributed by atoms with Gasteiger partial charge >= 0.3 is 6.09 Å². The molecule has 5 heterocycles. The van der Waals surface area contributed by atoms with Gasteiger partial charge in [0.2, 0.25) is 0 Å². The molecule has 1 fully saturated rings. The summed E-state index contributed by atoms with van der Waals surface area (Å²) in [5, 5.41) is 0. The van der Waals surface area contributed by atoms with Gasteiger partial charge in [0.1, 0.15) is 5.75 Å². The molecule has 4 aromatic rings. The monoisotopic (exact) mass is 743 g/mol. The molecule has 4 aliphatic heterocycles. The van der Waals surface area contributed by atoms with Crippen LogP contribution in [-0.4, -0.2) is 101 Å². The van der Waals surface area contributed by atoms with Crippen molar-refractivity contribution in [1.29, 1.82) is 0 Å². The molecule has 55 heavy (non-hydrogen) atoms. The van der Waals surface area contributed by atoms with Gasteiger partial charge < -0.3 is 28.7 Å². The highest BCUT2D eigenvalue weighted by molar-refractivity contribution is 6.03. The van der Waals surface area contributed by atoms with E-state index >= 15 is 4.79 Å². The average molecular weight is 744 g/mol. The molecule has 288 valence electrons. The van der Waals surface area contributed by atoms with Gasteiger partial charge in [0.15, 0.2) is 0 Å². The zero-order valence-corrected chi connectivity index (χ0v) is 32.3. The molecule has 0 N–H and O–H groups in total. The van der Waals surface area contributed by atoms with Crippen molar-refractivity contribution >= 4 is 17.9 Å². The lowest BCUT2D eigenvalue weighted by Gasteiger charge is -2.41. The lowest BCUT2D eigenvalue weighted by molar-refractivity contribution is 0.0193. The maximum Gasteiger partial charge on any atom is 0.415 e. The summed E-state index contributed by atoms with van der Waals surface area (Å²) in [6.45, 7) is 8.89. The molecule has 10 nitrogen and oxygen atoms in total. The molecule has 1 saturated heterocycles. The second kappa shape index (κ2) is 16.4. The number of hydrogen-bond acceptors (Lipinski definition) is 6. The van der Waals surface area contributed by atoms with E-state index in [-0.39, 0.29) is 17.9 Å². The van der Waals surface area contributed by atoms with Crippen LogP contribution in [0.3, 0.4) is 0 Å². The first-order valence-corrected chi connectivity index (χ1v) is 20.2. The number of morpholine rings is 1. The zero-order chi connectivity index (χ0) is 37.9. The number of aromatic nitrogens is 1. The average Bonchev–Trinajstić information content (AvgIpc) is 3.61. The first-order valence-electron chi connectivity index (χ1n) is 20.2. The third-order valence-electron chi connectivity index (χ3n) is 11.9. The van der Waals surface area contributed by atoms with Crippen LogP contribution in [0.15, 0.2) is 72.8 Å². The van der Waals surface area contributed by atoms with Crippen molar-refractivity contribution in [1.82, 2.24) is 24.2 Å². The fourth-order valence-electron chi connectivity index (χ4n) is 8.82. The molecule has 3 amide bonds. The van der Waals surface area contributed by atoms with E-state index < -0.39 is 6.09 Å². The van der Waals surface area contributed by atoms with E-state index in [0.29, 0.717) is 57.1 Å². The third kappa shape index (κ3) is 7.80. The number of carbonyl (C=O) groups excluding carboxylic acids is 3. The van der Waals surface area contributed by atoms with E-state index in [9.17, 15) is 9.59 Å². The smallest absolute Gasteiger partial charge is 0.410 e. The number of carbonyl (C=O) groups is 3. The number of rotatable bonds is 9. The number of fused-ring (bicyclic) bond motifs is 3. The molecule has 10 heteroatoms. The van der Waals surface area contributed by atoms with Gasteiger partial charge in [0.05, 0.1) is 18.8 Å². The number of para-hydroxylation sites is 1. The lowest BCUT2D eigenvalue weighted by atomic mass is 9.89. The zero-order valence-electron chi connectivity index (χ0n) is 32.3. The molecule has 0 radical (unpaired) electrons. The predicted molar refractivity (Wildman–Crippen MR) is 212 cm³/mol. The molecular weight excluding hydrogens is 691 g/mol. The molecule has 0 aliphatic carbocycles. The molecule has 8 rings (SSSR count). The summed E-state index contributed by atoms with van der Waals surface area (Å²) < 4.78 is 13.7. The topological polar surface area (TPSA) is 87.6 Å². The highest BCUT2D eigenvalue weighted by Crippen LogP contribution is 2.38. The quantitative estimate of drug-likeness (QED) is 0.187. The van der Waals surface area contributed by atoms with Gasteiger partial charge in [-0.2, -0.15) is 0 Å². The number of benzene rings is 3. The van der Waals surface area contributed by atoms with Crippen molar-refractivity contribution in [3.63, 3.8) is 0 Å². The Morgan fingerprint density at radius 2 is 1.60 bits per heavy atom. The van der Waals surface area contributed by atoms with Crippen molar-refractivity contribution in [2.45, 2.75) is 77.5 Å². The van der Waals surface area contributed by atoms with Crippen LogP contribution in [0.25, 0.3) is 11.3 Å². The summed E-state index contributed by atoms with van der Waals surface area (Å²) in [7, 11) is 1.90. The molecule has 0 bridgehead atoms. The van der Waals surface area contributed by atoms with Gasteiger partial charge in [-0.1, -0.05) is 55.8 Å². The Bertz CT molecular complexity index is 2040. The van der Waals surface area contributed by atoms with Gasteiger partial charge in [0.25, 0.3) is 11.8 Å². The van der Waals surface area contributed by atoms with Crippen molar-refractivity contribution in [3.8, 4) is 17.0 Å². The number of hydrogen-bond donors (Lipinski definition) is 0. The van der Waals surface area contributed by atoms with Crippen LogP contribution in [0.2, 0.25) is 0 Å². The SMILES string of the molecule is CCCCN(C)C(=O)c1cc(-c2cc3c(cc2C(=O)N2Cc4ccccc4C[C@H]2CN2CCOCC2)CN(C(=O)Oc2ccccc2)CC3)n2c1CCCC2. The van der Waals surface area contributed by atoms with Crippen LogP contribution in [0.4, 0.5) is 4.79 Å². The highest BCUT2D eigenvalue weighted by atomic mass is 16.6. The summed E-state index contributed by atoms with van der Waals surface area (Å²) in [6.07, 6.45) is 5.87. The van der Waals surface area contributed by atoms with E-state index in [0.717, 1.165) is 98.3 Å². The standard InChI is InChI=1S/C45H53N5O5/c1-3-4-18-46(2)43(51)40-28-42(49-19-11-10-16-41(40)49)38-26-33-17-20-48(45(53)55-37-14-6-5-7-15-37)29-35(33)27-39(38)44(52)50-30-34-13-9-8-12-32(34)25-36(50)31-47-21-23-54-24-22-47/h5-9,12-15,26-28,36H,3-4,10-11,16-25,29-31H2,1-2H3/t36-/m0/s1. The number of nitrogens with zero attached hydrogens (tertiary/aromatic N) is 5. The second-order valence-corrected chi connectivity index (χ2v) is 15.6. The minimum absolute atomic E-state index is 0.0196. The number of unbranched alkanes of at least 4 members (excludes halogenated alkanes) is 1. The summed E-state index contributed by atoms with van der Waals surface area (Å²) in [4.78, 5) is 50.9. The summed E-state index contributed by atoms with van der Waals surface area (Å²) >= 11 is 0. The van der Waals surface area contributed by atoms with Crippen LogP contribution < -0.4 is 4.74 Å². The van der Waals surface area contributed by atoms with E-state index in [1.54, 1.807) is 17.0 Å². The summed E-state index contributed by atoms with van der Waals surface area (Å²) in [5.41, 5.74) is 8.76. The Morgan fingerprint density at radius 3 is 2.40 bits per heavy atom. The predicted octanol–water partition coefficient (Wildman–Crippen LogP) is 6.82. The fourth-order valence-corrected chi connectivity index (χ4v) is 8.82. The van der Waals surface area contributed by atoms with Crippen LogP contribution in [-0.2, 0) is 43.6 Å². The number of amides is 3. The summed E-state index contributed by atoms with van der Waals surface area (Å²) in [5.74, 6) is 0.528. The maximum atomic E-state index is 15.4. The Labute approximate surface area is 324 Å². The molecule has 0 spiro atoms. The highest BCUT2D eigenvalue weighted by Gasteiger charge is 2.36. The Balaban J connectivity index is 1.20. The van der Waals surface area contributed by atoms with Crippen LogP contribution >= 0.6 is 0 Å². The largest absolute Gasteiger partial charge is 0.415 e. The molecule has 0 saturated carbocycles. The lowest BCUT2D eigenvalue weighted by Crippen LogP contribution is -2.52. The first kappa shape index (κ1) is 37.0. The van der Waals surface area contributed by atoms with Gasteiger partial charge in [-0.05, 0) is 91.1 Å².